The Morgan fingerprint density at radius 1 is 1.31 bits per heavy atom. The summed E-state index contributed by atoms with van der Waals surface area (Å²) in [7, 11) is 2.09. The van der Waals surface area contributed by atoms with Gasteiger partial charge >= 0.3 is 0 Å². The van der Waals surface area contributed by atoms with Gasteiger partial charge in [-0.15, -0.1) is 0 Å². The molecule has 0 amide bonds. The minimum absolute atomic E-state index is 0.346. The molecule has 90 valence electrons. The molecule has 0 aromatic heterocycles. The van der Waals surface area contributed by atoms with Gasteiger partial charge in [-0.25, -0.2) is 0 Å². The number of nitrogens with zero attached hydrogens (tertiary/aromatic N) is 1. The maximum atomic E-state index is 10.0. The van der Waals surface area contributed by atoms with E-state index in [1.54, 1.807) is 0 Å². The van der Waals surface area contributed by atoms with Gasteiger partial charge in [-0.2, -0.15) is 0 Å². The van der Waals surface area contributed by atoms with E-state index in [2.05, 4.69) is 44.9 Å². The van der Waals surface area contributed by atoms with Crippen LogP contribution in [-0.4, -0.2) is 29.6 Å². The zero-order valence-corrected chi connectivity index (χ0v) is 10.8. The summed E-state index contributed by atoms with van der Waals surface area (Å²) in [6.45, 7) is 7.31. The number of rotatable bonds is 5. The van der Waals surface area contributed by atoms with Crippen LogP contribution in [0.2, 0.25) is 0 Å². The van der Waals surface area contributed by atoms with Gasteiger partial charge in [0.05, 0.1) is 6.10 Å². The van der Waals surface area contributed by atoms with Crippen LogP contribution in [0.3, 0.4) is 0 Å². The molecule has 0 aliphatic heterocycles. The van der Waals surface area contributed by atoms with Gasteiger partial charge in [-0.3, -0.25) is 0 Å². The SMILES string of the molecule is Cc1cccc(C(O)CCN(C)C(C)C)c1. The third kappa shape index (κ3) is 3.95. The van der Waals surface area contributed by atoms with Crippen molar-refractivity contribution in [2.45, 2.75) is 39.3 Å². The molecule has 0 spiro atoms. The van der Waals surface area contributed by atoms with Gasteiger partial charge in [0.2, 0.25) is 0 Å². The first-order chi connectivity index (χ1) is 7.50. The molecule has 0 saturated heterocycles. The lowest BCUT2D eigenvalue weighted by Gasteiger charge is -2.22. The molecule has 1 unspecified atom stereocenters. The molecule has 0 aliphatic carbocycles. The summed E-state index contributed by atoms with van der Waals surface area (Å²) in [5.74, 6) is 0. The number of aliphatic hydroxyl groups excluding tert-OH is 1. The molecule has 0 heterocycles. The van der Waals surface area contributed by atoms with Crippen LogP contribution in [0.1, 0.15) is 37.5 Å². The molecular weight excluding hydrogens is 198 g/mol. The highest BCUT2D eigenvalue weighted by Crippen LogP contribution is 2.18. The predicted octanol–water partition coefficient (Wildman–Crippen LogP) is 2.76. The highest BCUT2D eigenvalue weighted by atomic mass is 16.3. The van der Waals surface area contributed by atoms with Crippen LogP contribution >= 0.6 is 0 Å². The Bertz CT molecular complexity index is 322. The van der Waals surface area contributed by atoms with Crippen molar-refractivity contribution in [1.82, 2.24) is 4.90 Å². The maximum Gasteiger partial charge on any atom is 0.0802 e. The van der Waals surface area contributed by atoms with Gasteiger partial charge in [0.15, 0.2) is 0 Å². The number of aryl methyl sites for hydroxylation is 1. The quantitative estimate of drug-likeness (QED) is 0.826. The summed E-state index contributed by atoms with van der Waals surface area (Å²) in [5.41, 5.74) is 2.23. The second-order valence-corrected chi connectivity index (χ2v) is 4.79. The van der Waals surface area contributed by atoms with Gasteiger partial charge in [0, 0.05) is 12.6 Å². The van der Waals surface area contributed by atoms with Crippen LogP contribution < -0.4 is 0 Å². The fraction of sp³-hybridized carbons (Fsp3) is 0.571. The third-order valence-corrected chi connectivity index (χ3v) is 3.06. The summed E-state index contributed by atoms with van der Waals surface area (Å²) < 4.78 is 0. The molecule has 2 heteroatoms. The van der Waals surface area contributed by atoms with Crippen molar-refractivity contribution in [2.75, 3.05) is 13.6 Å². The third-order valence-electron chi connectivity index (χ3n) is 3.06. The van der Waals surface area contributed by atoms with Crippen molar-refractivity contribution >= 4 is 0 Å². The van der Waals surface area contributed by atoms with Crippen molar-refractivity contribution in [2.24, 2.45) is 0 Å². The standard InChI is InChI=1S/C14H23NO/c1-11(2)15(4)9-8-14(16)13-7-5-6-12(3)10-13/h5-7,10-11,14,16H,8-9H2,1-4H3. The maximum absolute atomic E-state index is 10.0. The monoisotopic (exact) mass is 221 g/mol. The molecule has 0 saturated carbocycles. The second-order valence-electron chi connectivity index (χ2n) is 4.79. The fourth-order valence-corrected chi connectivity index (χ4v) is 1.63. The second kappa shape index (κ2) is 6.02. The molecular formula is C14H23NO. The number of benzene rings is 1. The lowest BCUT2D eigenvalue weighted by molar-refractivity contribution is 0.141. The van der Waals surface area contributed by atoms with Crippen LogP contribution in [0.25, 0.3) is 0 Å². The topological polar surface area (TPSA) is 23.5 Å². The van der Waals surface area contributed by atoms with E-state index in [1.807, 2.05) is 12.1 Å². The van der Waals surface area contributed by atoms with Crippen molar-refractivity contribution in [3.05, 3.63) is 35.4 Å². The summed E-state index contributed by atoms with van der Waals surface area (Å²) >= 11 is 0. The molecule has 1 aromatic rings. The van der Waals surface area contributed by atoms with Gasteiger partial charge in [0.1, 0.15) is 0 Å². The lowest BCUT2D eigenvalue weighted by Crippen LogP contribution is -2.28. The molecule has 1 atom stereocenters. The minimum Gasteiger partial charge on any atom is -0.388 e. The Balaban J connectivity index is 2.49. The Morgan fingerprint density at radius 3 is 2.56 bits per heavy atom. The Kier molecular flexibility index (Phi) is 4.97. The molecule has 0 radical (unpaired) electrons. The van der Waals surface area contributed by atoms with Gasteiger partial charge < -0.3 is 10.0 Å². The zero-order valence-electron chi connectivity index (χ0n) is 10.8. The number of hydrogen-bond donors (Lipinski definition) is 1. The molecule has 0 aliphatic rings. The van der Waals surface area contributed by atoms with Crippen LogP contribution in [0.4, 0.5) is 0 Å². The largest absolute Gasteiger partial charge is 0.388 e. The number of hydrogen-bond acceptors (Lipinski definition) is 2. The Morgan fingerprint density at radius 2 is 2.00 bits per heavy atom. The Labute approximate surface area is 98.9 Å². The summed E-state index contributed by atoms with van der Waals surface area (Å²) in [6, 6.07) is 8.63. The summed E-state index contributed by atoms with van der Waals surface area (Å²) in [5, 5.41) is 10.0. The highest BCUT2D eigenvalue weighted by molar-refractivity contribution is 5.23. The lowest BCUT2D eigenvalue weighted by atomic mass is 10.0. The van der Waals surface area contributed by atoms with Crippen LogP contribution in [0.15, 0.2) is 24.3 Å². The van der Waals surface area contributed by atoms with Crippen molar-refractivity contribution in [3.63, 3.8) is 0 Å². The van der Waals surface area contributed by atoms with Gasteiger partial charge in [0.25, 0.3) is 0 Å². The van der Waals surface area contributed by atoms with Crippen LogP contribution in [-0.2, 0) is 0 Å². The van der Waals surface area contributed by atoms with Gasteiger partial charge in [-0.1, -0.05) is 29.8 Å². The van der Waals surface area contributed by atoms with E-state index in [0.717, 1.165) is 18.5 Å². The smallest absolute Gasteiger partial charge is 0.0802 e. The molecule has 0 fully saturated rings. The van der Waals surface area contributed by atoms with Crippen molar-refractivity contribution in [3.8, 4) is 0 Å². The van der Waals surface area contributed by atoms with Crippen molar-refractivity contribution < 1.29 is 5.11 Å². The van der Waals surface area contributed by atoms with E-state index in [0.29, 0.717) is 6.04 Å². The highest BCUT2D eigenvalue weighted by Gasteiger charge is 2.10. The van der Waals surface area contributed by atoms with Crippen molar-refractivity contribution in [1.29, 1.82) is 0 Å². The molecule has 0 bridgehead atoms. The zero-order chi connectivity index (χ0) is 12.1. The Hall–Kier alpha value is -0.860. The predicted molar refractivity (Wildman–Crippen MR) is 68.5 cm³/mol. The first-order valence-corrected chi connectivity index (χ1v) is 5.95. The van der Waals surface area contributed by atoms with Crippen LogP contribution in [0, 0.1) is 6.92 Å². The minimum atomic E-state index is -0.346. The van der Waals surface area contributed by atoms with Gasteiger partial charge in [-0.05, 0) is 39.8 Å². The molecule has 1 rings (SSSR count). The average molecular weight is 221 g/mol. The fourth-order valence-electron chi connectivity index (χ4n) is 1.63. The molecule has 1 N–H and O–H groups in total. The average Bonchev–Trinajstić information content (AvgIpc) is 2.25. The first-order valence-electron chi connectivity index (χ1n) is 5.95. The summed E-state index contributed by atoms with van der Waals surface area (Å²) in [4.78, 5) is 2.25. The summed E-state index contributed by atoms with van der Waals surface area (Å²) in [6.07, 6.45) is 0.444. The van der Waals surface area contributed by atoms with E-state index in [-0.39, 0.29) is 6.10 Å². The normalized spacial score (nSPS) is 13.4. The van der Waals surface area contributed by atoms with E-state index in [4.69, 9.17) is 0 Å². The van der Waals surface area contributed by atoms with E-state index in [9.17, 15) is 5.11 Å². The van der Waals surface area contributed by atoms with E-state index < -0.39 is 0 Å². The van der Waals surface area contributed by atoms with Crippen LogP contribution in [0.5, 0.6) is 0 Å². The first kappa shape index (κ1) is 13.2. The molecule has 2 nitrogen and oxygen atoms in total. The number of aliphatic hydroxyl groups is 1. The van der Waals surface area contributed by atoms with E-state index in [1.165, 1.54) is 5.56 Å². The van der Waals surface area contributed by atoms with E-state index >= 15 is 0 Å². The molecule has 16 heavy (non-hydrogen) atoms. The molecule has 1 aromatic carbocycles.